The number of alkyl halides is 3. The van der Waals surface area contributed by atoms with Gasteiger partial charge in [-0.05, 0) is 42.8 Å². The van der Waals surface area contributed by atoms with Gasteiger partial charge in [0, 0.05) is 21.6 Å². The lowest BCUT2D eigenvalue weighted by atomic mass is 10.1. The maximum atomic E-state index is 12.9. The Morgan fingerprint density at radius 3 is 2.32 bits per heavy atom. The van der Waals surface area contributed by atoms with E-state index in [1.54, 1.807) is 0 Å². The number of rotatable bonds is 4. The summed E-state index contributed by atoms with van der Waals surface area (Å²) < 4.78 is 63.1. The van der Waals surface area contributed by atoms with E-state index in [1.807, 2.05) is 0 Å². The van der Waals surface area contributed by atoms with E-state index in [-0.39, 0.29) is 20.2 Å². The van der Waals surface area contributed by atoms with E-state index in [0.29, 0.717) is 5.56 Å². The minimum Gasteiger partial charge on any atom is -0.370 e. The van der Waals surface area contributed by atoms with Crippen LogP contribution in [-0.2, 0) is 16.0 Å². The van der Waals surface area contributed by atoms with Crippen LogP contribution < -0.4 is 11.5 Å². The van der Waals surface area contributed by atoms with Gasteiger partial charge in [0.2, 0.25) is 0 Å². The van der Waals surface area contributed by atoms with Gasteiger partial charge in [-0.25, -0.2) is 8.42 Å². The molecule has 150 valence electrons. The maximum Gasteiger partial charge on any atom is 0.416 e. The van der Waals surface area contributed by atoms with Crippen LogP contribution in [0.15, 0.2) is 56.1 Å². The van der Waals surface area contributed by atoms with Crippen molar-refractivity contribution in [2.75, 3.05) is 6.26 Å². The van der Waals surface area contributed by atoms with Gasteiger partial charge in [0.05, 0.1) is 10.5 Å². The Morgan fingerprint density at radius 1 is 1.14 bits per heavy atom. The molecule has 0 spiro atoms. The normalized spacial score (nSPS) is 11.9. The molecule has 0 aromatic heterocycles. The molecule has 11 heteroatoms. The smallest absolute Gasteiger partial charge is 0.370 e. The van der Waals surface area contributed by atoms with Crippen LogP contribution in [0.3, 0.4) is 0 Å². The van der Waals surface area contributed by atoms with E-state index in [9.17, 15) is 26.4 Å². The highest BCUT2D eigenvalue weighted by Gasteiger charge is 2.30. The van der Waals surface area contributed by atoms with Gasteiger partial charge in [0.1, 0.15) is 0 Å². The standard InChI is InChI=1S/C17H16F3N3O3S2/c1-9-6-13(27-11-5-3-4-10(7-11)17(18,19)20)14(28(2,25)26)8-12(9)15(24)23-16(21)22/h3-8H,1-2H3,(H4,21,22,23,24). The van der Waals surface area contributed by atoms with Gasteiger partial charge >= 0.3 is 6.18 Å². The van der Waals surface area contributed by atoms with E-state index >= 15 is 0 Å². The molecule has 1 amide bonds. The van der Waals surface area contributed by atoms with Gasteiger partial charge in [-0.3, -0.25) is 4.79 Å². The second-order valence-electron chi connectivity index (χ2n) is 5.86. The number of aryl methyl sites for hydroxylation is 1. The van der Waals surface area contributed by atoms with Crippen molar-refractivity contribution in [3.05, 3.63) is 53.1 Å². The highest BCUT2D eigenvalue weighted by atomic mass is 32.2. The van der Waals surface area contributed by atoms with Crippen molar-refractivity contribution in [2.45, 2.75) is 27.8 Å². The molecule has 4 N–H and O–H groups in total. The highest BCUT2D eigenvalue weighted by Crippen LogP contribution is 2.38. The van der Waals surface area contributed by atoms with Gasteiger partial charge in [-0.2, -0.15) is 18.2 Å². The van der Waals surface area contributed by atoms with E-state index < -0.39 is 33.4 Å². The number of nitrogens with two attached hydrogens (primary N) is 2. The van der Waals surface area contributed by atoms with E-state index in [2.05, 4.69) is 4.99 Å². The Bertz CT molecular complexity index is 1060. The number of carbonyl (C=O) groups excluding carboxylic acids is 1. The Balaban J connectivity index is 2.58. The van der Waals surface area contributed by atoms with Crippen LogP contribution in [0.4, 0.5) is 13.2 Å². The summed E-state index contributed by atoms with van der Waals surface area (Å²) in [6, 6.07) is 7.02. The maximum absolute atomic E-state index is 12.9. The number of amides is 1. The second kappa shape index (κ2) is 7.84. The third kappa shape index (κ3) is 5.26. The fourth-order valence-corrected chi connectivity index (χ4v) is 4.62. The molecule has 0 saturated carbocycles. The lowest BCUT2D eigenvalue weighted by molar-refractivity contribution is -0.137. The number of nitrogens with zero attached hydrogens (tertiary/aromatic N) is 1. The zero-order chi connectivity index (χ0) is 21.3. The first-order valence-corrected chi connectivity index (χ1v) is 10.3. The number of aliphatic imine (C=N–C) groups is 1. The van der Waals surface area contributed by atoms with Gasteiger partial charge < -0.3 is 11.5 Å². The molecule has 6 nitrogen and oxygen atoms in total. The lowest BCUT2D eigenvalue weighted by Gasteiger charge is -2.13. The van der Waals surface area contributed by atoms with Crippen molar-refractivity contribution in [3.8, 4) is 0 Å². The zero-order valence-electron chi connectivity index (χ0n) is 14.7. The van der Waals surface area contributed by atoms with Crippen LogP contribution in [0.5, 0.6) is 0 Å². The molecule has 2 rings (SSSR count). The molecule has 0 unspecified atom stereocenters. The Labute approximate surface area is 163 Å². The summed E-state index contributed by atoms with van der Waals surface area (Å²) >= 11 is 0.844. The number of guanidine groups is 1. The minimum absolute atomic E-state index is 0.0257. The zero-order valence-corrected chi connectivity index (χ0v) is 16.4. The monoisotopic (exact) mass is 431 g/mol. The molecule has 0 aliphatic rings. The molecule has 0 atom stereocenters. The van der Waals surface area contributed by atoms with Crippen LogP contribution in [0.1, 0.15) is 21.5 Å². The summed E-state index contributed by atoms with van der Waals surface area (Å²) in [7, 11) is -3.80. The summed E-state index contributed by atoms with van der Waals surface area (Å²) in [5, 5.41) is 0. The summed E-state index contributed by atoms with van der Waals surface area (Å²) in [5.74, 6) is -1.30. The summed E-state index contributed by atoms with van der Waals surface area (Å²) in [4.78, 5) is 15.7. The van der Waals surface area contributed by atoms with Crippen molar-refractivity contribution in [1.29, 1.82) is 0 Å². The van der Waals surface area contributed by atoms with Crippen molar-refractivity contribution in [1.82, 2.24) is 0 Å². The Kier molecular flexibility index (Phi) is 6.09. The van der Waals surface area contributed by atoms with E-state index in [1.165, 1.54) is 25.1 Å². The van der Waals surface area contributed by atoms with Crippen LogP contribution in [0, 0.1) is 6.92 Å². The quantitative estimate of drug-likeness (QED) is 0.568. The molecule has 0 fully saturated rings. The molecule has 0 aliphatic carbocycles. The molecule has 0 heterocycles. The fourth-order valence-electron chi connectivity index (χ4n) is 2.30. The summed E-state index contributed by atoms with van der Waals surface area (Å²) in [6.45, 7) is 1.54. The Morgan fingerprint density at radius 2 is 1.79 bits per heavy atom. The molecule has 0 radical (unpaired) electrons. The Hall–Kier alpha value is -2.53. The highest BCUT2D eigenvalue weighted by molar-refractivity contribution is 8.00. The van der Waals surface area contributed by atoms with E-state index in [4.69, 9.17) is 11.5 Å². The molecular formula is C17H16F3N3O3S2. The molecule has 2 aromatic carbocycles. The average Bonchev–Trinajstić information content (AvgIpc) is 2.52. The predicted octanol–water partition coefficient (Wildman–Crippen LogP) is 2.98. The summed E-state index contributed by atoms with van der Waals surface area (Å²) in [6.07, 6.45) is -3.59. The first-order chi connectivity index (χ1) is 12.8. The summed E-state index contributed by atoms with van der Waals surface area (Å²) in [5.41, 5.74) is 9.85. The number of sulfone groups is 1. The van der Waals surface area contributed by atoms with E-state index in [0.717, 1.165) is 36.2 Å². The molecule has 0 saturated heterocycles. The first kappa shape index (κ1) is 21.8. The molecule has 0 bridgehead atoms. The number of carbonyl (C=O) groups is 1. The molecule has 0 aliphatic heterocycles. The van der Waals surface area contributed by atoms with Crippen molar-refractivity contribution >= 4 is 33.5 Å². The molecule has 2 aromatic rings. The third-order valence-electron chi connectivity index (χ3n) is 3.54. The van der Waals surface area contributed by atoms with Crippen LogP contribution in [-0.4, -0.2) is 26.5 Å². The average molecular weight is 431 g/mol. The van der Waals surface area contributed by atoms with Gasteiger partial charge in [0.15, 0.2) is 15.8 Å². The van der Waals surface area contributed by atoms with Crippen LogP contribution >= 0.6 is 11.8 Å². The lowest BCUT2D eigenvalue weighted by Crippen LogP contribution is -2.24. The number of hydrogen-bond acceptors (Lipinski definition) is 4. The van der Waals surface area contributed by atoms with Crippen LogP contribution in [0.2, 0.25) is 0 Å². The first-order valence-electron chi connectivity index (χ1n) is 7.63. The second-order valence-corrected chi connectivity index (χ2v) is 8.96. The van der Waals surface area contributed by atoms with Crippen molar-refractivity contribution in [2.24, 2.45) is 16.5 Å². The third-order valence-corrected chi connectivity index (χ3v) is 5.85. The fraction of sp³-hybridized carbons (Fsp3) is 0.176. The van der Waals surface area contributed by atoms with Crippen LogP contribution in [0.25, 0.3) is 0 Å². The topological polar surface area (TPSA) is 116 Å². The van der Waals surface area contributed by atoms with Gasteiger partial charge in [0.25, 0.3) is 5.91 Å². The SMILES string of the molecule is Cc1cc(Sc2cccc(C(F)(F)F)c2)c(S(C)(=O)=O)cc1C(=O)N=C(N)N. The van der Waals surface area contributed by atoms with Gasteiger partial charge in [-0.15, -0.1) is 0 Å². The van der Waals surface area contributed by atoms with Gasteiger partial charge in [-0.1, -0.05) is 17.8 Å². The molecular weight excluding hydrogens is 415 g/mol. The minimum atomic E-state index is -4.53. The molecule has 28 heavy (non-hydrogen) atoms. The van der Waals surface area contributed by atoms with Crippen molar-refractivity contribution in [3.63, 3.8) is 0 Å². The van der Waals surface area contributed by atoms with Crippen molar-refractivity contribution < 1.29 is 26.4 Å². The number of benzene rings is 2. The largest absolute Gasteiger partial charge is 0.416 e. The number of halogens is 3. The number of hydrogen-bond donors (Lipinski definition) is 2. The predicted molar refractivity (Wildman–Crippen MR) is 100.0 cm³/mol.